The number of nitrogens with zero attached hydrogens (tertiary/aromatic N) is 1. The van der Waals surface area contributed by atoms with E-state index in [1.54, 1.807) is 4.67 Å². The van der Waals surface area contributed by atoms with Gasteiger partial charge in [0.25, 0.3) is 0 Å². The summed E-state index contributed by atoms with van der Waals surface area (Å²) >= 11 is 0. The molecule has 0 spiro atoms. The molecule has 0 radical (unpaired) electrons. The fourth-order valence-electron chi connectivity index (χ4n) is 4.84. The van der Waals surface area contributed by atoms with E-state index in [4.69, 9.17) is 21.3 Å². The van der Waals surface area contributed by atoms with Gasteiger partial charge in [-0.3, -0.25) is 9.32 Å². The third kappa shape index (κ3) is 4.19. The quantitative estimate of drug-likeness (QED) is 0.221. The highest BCUT2D eigenvalue weighted by molar-refractivity contribution is 7.40. The van der Waals surface area contributed by atoms with Crippen molar-refractivity contribution in [1.29, 1.82) is 0 Å². The zero-order chi connectivity index (χ0) is 25.5. The topological polar surface area (TPSA) is 82.1 Å². The lowest BCUT2D eigenvalue weighted by molar-refractivity contribution is -0.116. The first-order valence-corrected chi connectivity index (χ1v) is 14.6. The summed E-state index contributed by atoms with van der Waals surface area (Å²) in [7, 11) is -3.48. The van der Waals surface area contributed by atoms with Crippen molar-refractivity contribution in [1.82, 2.24) is 0 Å². The van der Waals surface area contributed by atoms with Crippen LogP contribution in [0.4, 0.5) is 0 Å². The fourth-order valence-corrected chi connectivity index (χ4v) is 7.51. The van der Waals surface area contributed by atoms with Crippen molar-refractivity contribution in [3.8, 4) is 0 Å². The van der Waals surface area contributed by atoms with Crippen LogP contribution in [0.15, 0.2) is 114 Å². The van der Waals surface area contributed by atoms with Crippen LogP contribution in [0.25, 0.3) is 43.9 Å². The molecular formula is C29H23NO6P2. The molecule has 2 aromatic heterocycles. The van der Waals surface area contributed by atoms with Gasteiger partial charge < -0.3 is 16.8 Å². The second-order valence-corrected chi connectivity index (χ2v) is 11.4. The molecule has 6 aromatic rings. The summed E-state index contributed by atoms with van der Waals surface area (Å²) in [6.07, 6.45) is 1.03. The molecule has 1 aliphatic heterocycles. The van der Waals surface area contributed by atoms with Crippen LogP contribution in [-0.4, -0.2) is 18.6 Å². The lowest BCUT2D eigenvalue weighted by Gasteiger charge is -2.20. The first-order chi connectivity index (χ1) is 18.7. The van der Waals surface area contributed by atoms with Crippen molar-refractivity contribution in [3.05, 3.63) is 97.1 Å². The minimum absolute atomic E-state index is 0.0206. The van der Waals surface area contributed by atoms with E-state index in [2.05, 4.69) is 0 Å². The van der Waals surface area contributed by atoms with Crippen LogP contribution in [-0.2, 0) is 4.79 Å². The highest BCUT2D eigenvalue weighted by Gasteiger charge is 2.36. The van der Waals surface area contributed by atoms with Crippen LogP contribution in [0, 0.1) is 0 Å². The molecule has 3 heterocycles. The number of carbonyl (C=O) groups is 1. The Morgan fingerprint density at radius 2 is 1.08 bits per heavy atom. The molecule has 0 saturated carbocycles. The molecule has 7 rings (SSSR count). The van der Waals surface area contributed by atoms with Gasteiger partial charge in [0.15, 0.2) is 0 Å². The van der Waals surface area contributed by atoms with E-state index in [-0.39, 0.29) is 18.6 Å². The van der Waals surface area contributed by atoms with Gasteiger partial charge in [-0.05, 0) is 30.7 Å². The van der Waals surface area contributed by atoms with Crippen LogP contribution in [0.1, 0.15) is 12.8 Å². The molecule has 9 heteroatoms. The second kappa shape index (κ2) is 9.77. The average molecular weight is 543 g/mol. The lowest BCUT2D eigenvalue weighted by atomic mass is 10.1. The molecule has 1 amide bonds. The van der Waals surface area contributed by atoms with Gasteiger partial charge in [-0.15, -0.1) is 0 Å². The number of hydrogen-bond acceptors (Lipinski definition) is 6. The van der Waals surface area contributed by atoms with Crippen LogP contribution < -0.4 is 9.19 Å². The number of benzene rings is 4. The minimum Gasteiger partial charge on any atom is -0.404 e. The maximum Gasteiger partial charge on any atom is 0.387 e. The Morgan fingerprint density at radius 1 is 0.658 bits per heavy atom. The monoisotopic (exact) mass is 543 g/mol. The zero-order valence-electron chi connectivity index (χ0n) is 20.2. The van der Waals surface area contributed by atoms with Gasteiger partial charge in [-0.25, -0.2) is 4.67 Å². The summed E-state index contributed by atoms with van der Waals surface area (Å²) < 4.78 is 33.0. The molecule has 1 fully saturated rings. The third-order valence-corrected chi connectivity index (χ3v) is 9.33. The highest BCUT2D eigenvalue weighted by atomic mass is 31.1. The summed E-state index contributed by atoms with van der Waals surface area (Å²) in [4.78, 5) is 13.1. The molecule has 0 unspecified atom stereocenters. The van der Waals surface area contributed by atoms with Crippen molar-refractivity contribution >= 4 is 66.2 Å². The number of amides is 1. The van der Waals surface area contributed by atoms with Crippen LogP contribution in [0.5, 0.6) is 0 Å². The minimum atomic E-state index is -1.74. The largest absolute Gasteiger partial charge is 0.404 e. The van der Waals surface area contributed by atoms with Crippen molar-refractivity contribution in [3.63, 3.8) is 0 Å². The Morgan fingerprint density at radius 3 is 1.55 bits per heavy atom. The highest BCUT2D eigenvalue weighted by Crippen LogP contribution is 2.42. The van der Waals surface area contributed by atoms with Gasteiger partial charge in [-0.1, -0.05) is 72.8 Å². The zero-order valence-corrected chi connectivity index (χ0v) is 22.0. The van der Waals surface area contributed by atoms with Gasteiger partial charge >= 0.3 is 16.4 Å². The molecular weight excluding hydrogens is 520 g/mol. The number of carbonyl (C=O) groups excluding carboxylic acids is 1. The average Bonchev–Trinajstić information content (AvgIpc) is 3.13. The molecule has 0 bridgehead atoms. The van der Waals surface area contributed by atoms with E-state index < -0.39 is 16.4 Å². The van der Waals surface area contributed by atoms with Gasteiger partial charge in [0.05, 0.1) is 12.6 Å². The van der Waals surface area contributed by atoms with Gasteiger partial charge in [0, 0.05) is 28.0 Å². The summed E-state index contributed by atoms with van der Waals surface area (Å²) in [5, 5.41) is 3.79. The van der Waals surface area contributed by atoms with E-state index in [0.717, 1.165) is 21.5 Å². The number of rotatable bonds is 4. The van der Waals surface area contributed by atoms with Crippen LogP contribution >= 0.6 is 16.4 Å². The Labute approximate surface area is 219 Å². The van der Waals surface area contributed by atoms with E-state index in [1.165, 1.54) is 0 Å². The molecule has 190 valence electrons. The molecule has 4 aromatic carbocycles. The van der Waals surface area contributed by atoms with Crippen molar-refractivity contribution in [2.75, 3.05) is 11.3 Å². The van der Waals surface area contributed by atoms with Crippen LogP contribution in [0.3, 0.4) is 0 Å². The first kappa shape index (κ1) is 23.2. The Kier molecular flexibility index (Phi) is 5.98. The molecule has 0 aliphatic carbocycles. The Bertz CT molecular complexity index is 1780. The summed E-state index contributed by atoms with van der Waals surface area (Å²) in [5.41, 5.74) is 2.79. The SMILES string of the molecule is O=C1CC[C@@H](COp2oc3ccccc3c3ccccc3o2)N1p1oc2ccccc2c2ccccc2o1. The standard InChI is InChI=1S/C29H23NO6P2/c31-29-18-17-20(19-32-38-35-27-15-7-3-11-23(27)24-12-4-8-16-28(24)36-38)30(29)37-33-25-13-5-1-9-21(25)22-10-2-6-14-26(22)34-37/h1-16,20H,17-19H2/t20-/m0/s1. The molecule has 7 nitrogen and oxygen atoms in total. The van der Waals surface area contributed by atoms with Crippen molar-refractivity contribution in [2.24, 2.45) is 0 Å². The second-order valence-electron chi connectivity index (χ2n) is 9.04. The summed E-state index contributed by atoms with van der Waals surface area (Å²) in [6, 6.07) is 31.0. The van der Waals surface area contributed by atoms with Crippen molar-refractivity contribution < 1.29 is 26.1 Å². The summed E-state index contributed by atoms with van der Waals surface area (Å²) in [5.74, 6) is -0.0206. The normalized spacial score (nSPS) is 15.6. The van der Waals surface area contributed by atoms with Crippen molar-refractivity contribution in [2.45, 2.75) is 18.9 Å². The van der Waals surface area contributed by atoms with Gasteiger partial charge in [0.2, 0.25) is 5.91 Å². The van der Waals surface area contributed by atoms with E-state index >= 15 is 0 Å². The molecule has 1 aliphatic rings. The molecule has 1 atom stereocenters. The van der Waals surface area contributed by atoms with E-state index in [0.29, 0.717) is 35.2 Å². The Balaban J connectivity index is 1.28. The predicted molar refractivity (Wildman–Crippen MR) is 150 cm³/mol. The van der Waals surface area contributed by atoms with Crippen LogP contribution in [0.2, 0.25) is 0 Å². The maximum absolute atomic E-state index is 13.1. The third-order valence-electron chi connectivity index (χ3n) is 6.67. The smallest absolute Gasteiger partial charge is 0.387 e. The fraction of sp³-hybridized carbons (Fsp3) is 0.138. The number of hydrogen-bond donors (Lipinski definition) is 0. The Hall–Kier alpha value is -3.89. The summed E-state index contributed by atoms with van der Waals surface area (Å²) in [6.45, 7) is 0.233. The number of fused-ring (bicyclic) bond motifs is 6. The predicted octanol–water partition coefficient (Wildman–Crippen LogP) is 8.65. The maximum atomic E-state index is 13.1. The lowest BCUT2D eigenvalue weighted by Crippen LogP contribution is -2.34. The van der Waals surface area contributed by atoms with E-state index in [9.17, 15) is 4.79 Å². The number of para-hydroxylation sites is 4. The molecule has 1 saturated heterocycles. The van der Waals surface area contributed by atoms with E-state index in [1.807, 2.05) is 97.1 Å². The van der Waals surface area contributed by atoms with Gasteiger partial charge in [-0.2, -0.15) is 0 Å². The molecule has 0 N–H and O–H groups in total. The molecule has 38 heavy (non-hydrogen) atoms. The first-order valence-electron chi connectivity index (χ1n) is 12.4. The van der Waals surface area contributed by atoms with Gasteiger partial charge in [0.1, 0.15) is 22.3 Å².